The first kappa shape index (κ1) is 23.7. The second-order valence-corrected chi connectivity index (χ2v) is 8.59. The number of fused-ring (bicyclic) bond motifs is 2. The van der Waals surface area contributed by atoms with Crippen molar-refractivity contribution in [3.8, 4) is 17.0 Å². The second kappa shape index (κ2) is 9.54. The third kappa shape index (κ3) is 4.27. The number of rotatable bonds is 5. The van der Waals surface area contributed by atoms with Crippen molar-refractivity contribution in [2.45, 2.75) is 20.4 Å². The van der Waals surface area contributed by atoms with Crippen molar-refractivity contribution < 1.29 is 5.11 Å². The van der Waals surface area contributed by atoms with Crippen LogP contribution in [0.4, 0.5) is 5.82 Å². The molecule has 5 aromatic rings. The van der Waals surface area contributed by atoms with Crippen LogP contribution in [0.25, 0.3) is 33.1 Å². The van der Waals surface area contributed by atoms with Gasteiger partial charge in [0, 0.05) is 17.1 Å². The van der Waals surface area contributed by atoms with E-state index in [1.54, 1.807) is 45.8 Å². The highest BCUT2D eigenvalue weighted by molar-refractivity contribution is 6.01. The van der Waals surface area contributed by atoms with Gasteiger partial charge in [-0.05, 0) is 49.1 Å². The predicted molar refractivity (Wildman–Crippen MR) is 147 cm³/mol. The van der Waals surface area contributed by atoms with Crippen molar-refractivity contribution in [1.82, 2.24) is 24.3 Å². The molecular weight excluding hydrogens is 466 g/mol. The summed E-state index contributed by atoms with van der Waals surface area (Å²) in [5, 5.41) is 16.8. The van der Waals surface area contributed by atoms with Gasteiger partial charge in [0.2, 0.25) is 0 Å². The Hall–Kier alpha value is -5.05. The third-order valence-corrected chi connectivity index (χ3v) is 5.93. The molecule has 0 spiro atoms. The summed E-state index contributed by atoms with van der Waals surface area (Å²) < 4.78 is 3.25. The molecule has 184 valence electrons. The van der Waals surface area contributed by atoms with Crippen LogP contribution in [-0.4, -0.2) is 35.3 Å². The van der Waals surface area contributed by atoms with Gasteiger partial charge in [0.25, 0.3) is 5.56 Å². The molecule has 9 heteroatoms. The summed E-state index contributed by atoms with van der Waals surface area (Å²) in [6.45, 7) is 7.91. The molecule has 5 rings (SSSR count). The van der Waals surface area contributed by atoms with E-state index in [0.29, 0.717) is 44.8 Å². The fraction of sp³-hybridized carbons (Fsp3) is 0.107. The molecule has 3 N–H and O–H groups in total. The number of pyridine rings is 1. The van der Waals surface area contributed by atoms with Gasteiger partial charge in [0.15, 0.2) is 5.65 Å². The molecule has 0 saturated heterocycles. The average Bonchev–Trinajstić information content (AvgIpc) is 3.25. The highest BCUT2D eigenvalue weighted by atomic mass is 16.3. The van der Waals surface area contributed by atoms with Gasteiger partial charge in [0.1, 0.15) is 29.4 Å². The zero-order chi connectivity index (χ0) is 26.1. The maximum Gasteiger partial charge on any atom is 0.264 e. The minimum absolute atomic E-state index is 0.102. The van der Waals surface area contributed by atoms with Gasteiger partial charge < -0.3 is 10.8 Å². The van der Waals surface area contributed by atoms with Crippen LogP contribution in [-0.2, 0) is 6.54 Å². The summed E-state index contributed by atoms with van der Waals surface area (Å²) in [5.74, 6) is 0.802. The SMILES string of the molecule is C=C(C)/C(=N\C=C/C)n1c(Cn2nc(-c3cccc(O)c3)c3c(N)ncnc32)cc2ccccc2c1=O. The van der Waals surface area contributed by atoms with E-state index in [4.69, 9.17) is 10.8 Å². The number of aliphatic imine (C=N–C) groups is 1. The molecule has 0 aliphatic carbocycles. The largest absolute Gasteiger partial charge is 0.508 e. The van der Waals surface area contributed by atoms with E-state index in [2.05, 4.69) is 21.5 Å². The van der Waals surface area contributed by atoms with E-state index >= 15 is 0 Å². The van der Waals surface area contributed by atoms with E-state index in [-0.39, 0.29) is 23.7 Å². The summed E-state index contributed by atoms with van der Waals surface area (Å²) in [5.41, 5.74) is 9.01. The van der Waals surface area contributed by atoms with E-state index < -0.39 is 0 Å². The normalized spacial score (nSPS) is 12.1. The maximum atomic E-state index is 13.7. The number of nitrogens with two attached hydrogens (primary N) is 1. The van der Waals surface area contributed by atoms with Crippen molar-refractivity contribution in [2.75, 3.05) is 5.73 Å². The number of benzene rings is 2. The number of hydrogen-bond acceptors (Lipinski definition) is 7. The number of anilines is 1. The Labute approximate surface area is 212 Å². The molecule has 3 aromatic heterocycles. The van der Waals surface area contributed by atoms with Gasteiger partial charge in [-0.15, -0.1) is 0 Å². The second-order valence-electron chi connectivity index (χ2n) is 8.59. The number of nitrogens with zero attached hydrogens (tertiary/aromatic N) is 6. The molecule has 0 amide bonds. The van der Waals surface area contributed by atoms with Crippen LogP contribution in [0.1, 0.15) is 19.5 Å². The van der Waals surface area contributed by atoms with Crippen molar-refractivity contribution in [1.29, 1.82) is 0 Å². The van der Waals surface area contributed by atoms with E-state index in [1.165, 1.54) is 6.33 Å². The number of phenolic OH excluding ortho intramolecular Hbond substituents is 1. The molecule has 0 aliphatic heterocycles. The standard InChI is InChI=1S/C28H25N7O2/c1-4-12-30-26(17(2)3)35-20(13-18-8-5-6-11-22(18)28(35)37)15-34-27-23(25(29)31-16-32-27)24(33-34)19-9-7-10-21(36)14-19/h4-14,16,36H,2,15H2,1,3H3,(H2,29,31,32)/b12-4-,30-26+. The molecule has 0 saturated carbocycles. The monoisotopic (exact) mass is 491 g/mol. The lowest BCUT2D eigenvalue weighted by molar-refractivity contribution is 0.475. The fourth-order valence-electron chi connectivity index (χ4n) is 4.31. The first-order chi connectivity index (χ1) is 17.9. The molecule has 0 atom stereocenters. The molecule has 37 heavy (non-hydrogen) atoms. The maximum absolute atomic E-state index is 13.7. The van der Waals surface area contributed by atoms with Gasteiger partial charge in [-0.1, -0.05) is 43.0 Å². The zero-order valence-electron chi connectivity index (χ0n) is 20.5. The van der Waals surface area contributed by atoms with Crippen molar-refractivity contribution in [3.63, 3.8) is 0 Å². The average molecular weight is 492 g/mol. The van der Waals surface area contributed by atoms with E-state index in [1.807, 2.05) is 44.2 Å². The van der Waals surface area contributed by atoms with Crippen LogP contribution in [0, 0.1) is 0 Å². The lowest BCUT2D eigenvalue weighted by atomic mass is 10.1. The Morgan fingerprint density at radius 2 is 1.97 bits per heavy atom. The first-order valence-corrected chi connectivity index (χ1v) is 11.6. The summed E-state index contributed by atoms with van der Waals surface area (Å²) in [4.78, 5) is 26.9. The highest BCUT2D eigenvalue weighted by Crippen LogP contribution is 2.32. The van der Waals surface area contributed by atoms with Crippen LogP contribution in [0.2, 0.25) is 0 Å². The van der Waals surface area contributed by atoms with Crippen molar-refractivity contribution >= 4 is 33.5 Å². The summed E-state index contributed by atoms with van der Waals surface area (Å²) in [7, 11) is 0. The van der Waals surface area contributed by atoms with Crippen LogP contribution in [0.5, 0.6) is 5.75 Å². The van der Waals surface area contributed by atoms with Crippen LogP contribution < -0.4 is 11.3 Å². The fourth-order valence-corrected chi connectivity index (χ4v) is 4.31. The summed E-state index contributed by atoms with van der Waals surface area (Å²) in [6, 6.07) is 16.1. The molecule has 0 fully saturated rings. The lowest BCUT2D eigenvalue weighted by Gasteiger charge is -2.17. The lowest BCUT2D eigenvalue weighted by Crippen LogP contribution is -2.31. The molecule has 9 nitrogen and oxygen atoms in total. The van der Waals surface area contributed by atoms with Gasteiger partial charge >= 0.3 is 0 Å². The zero-order valence-corrected chi connectivity index (χ0v) is 20.5. The number of phenols is 1. The molecular formula is C28H25N7O2. The molecule has 3 heterocycles. The Balaban J connectivity index is 1.78. The number of aromatic nitrogens is 5. The molecule has 0 aliphatic rings. The highest BCUT2D eigenvalue weighted by Gasteiger charge is 2.20. The Morgan fingerprint density at radius 3 is 2.73 bits per heavy atom. The van der Waals surface area contributed by atoms with Crippen LogP contribution in [0.3, 0.4) is 0 Å². The predicted octanol–water partition coefficient (Wildman–Crippen LogP) is 4.50. The summed E-state index contributed by atoms with van der Waals surface area (Å²) in [6.07, 6.45) is 4.80. The van der Waals surface area contributed by atoms with E-state index in [9.17, 15) is 9.90 Å². The van der Waals surface area contributed by atoms with Gasteiger partial charge in [-0.3, -0.25) is 9.36 Å². The Bertz CT molecular complexity index is 1790. The topological polar surface area (TPSA) is 124 Å². The minimum atomic E-state index is -0.210. The van der Waals surface area contributed by atoms with Crippen LogP contribution in [0.15, 0.2) is 95.1 Å². The Kier molecular flexibility index (Phi) is 6.10. The minimum Gasteiger partial charge on any atom is -0.508 e. The number of allylic oxidation sites excluding steroid dienone is 2. The molecule has 2 aromatic carbocycles. The van der Waals surface area contributed by atoms with Gasteiger partial charge in [0.05, 0.1) is 17.6 Å². The molecule has 0 bridgehead atoms. The van der Waals surface area contributed by atoms with Crippen molar-refractivity contribution in [3.05, 3.63) is 101 Å². The summed E-state index contributed by atoms with van der Waals surface area (Å²) >= 11 is 0. The number of hydrogen-bond donors (Lipinski definition) is 2. The quantitative estimate of drug-likeness (QED) is 0.276. The van der Waals surface area contributed by atoms with Gasteiger partial charge in [-0.25, -0.2) is 19.6 Å². The molecule has 0 unspecified atom stereocenters. The van der Waals surface area contributed by atoms with Crippen LogP contribution >= 0.6 is 0 Å². The number of aromatic hydroxyl groups is 1. The molecule has 0 radical (unpaired) electrons. The Morgan fingerprint density at radius 1 is 1.16 bits per heavy atom. The number of nitrogen functional groups attached to an aromatic ring is 1. The van der Waals surface area contributed by atoms with Crippen molar-refractivity contribution in [2.24, 2.45) is 4.99 Å². The first-order valence-electron chi connectivity index (χ1n) is 11.6. The third-order valence-electron chi connectivity index (χ3n) is 5.93. The van der Waals surface area contributed by atoms with Gasteiger partial charge in [-0.2, -0.15) is 5.10 Å². The van der Waals surface area contributed by atoms with E-state index in [0.717, 1.165) is 5.39 Å². The smallest absolute Gasteiger partial charge is 0.264 e.